The van der Waals surface area contributed by atoms with E-state index in [2.05, 4.69) is 4.98 Å². The van der Waals surface area contributed by atoms with E-state index in [1.165, 1.54) is 6.07 Å². The zero-order valence-corrected chi connectivity index (χ0v) is 12.8. The largest absolute Gasteiger partial charge is 0.478 e. The zero-order valence-electron chi connectivity index (χ0n) is 12.8. The molecule has 0 bridgehead atoms. The number of fused-ring (bicyclic) bond motifs is 4. The van der Waals surface area contributed by atoms with E-state index in [1.54, 1.807) is 13.0 Å². The van der Waals surface area contributed by atoms with Crippen molar-refractivity contribution in [1.82, 2.24) is 4.98 Å². The summed E-state index contributed by atoms with van der Waals surface area (Å²) in [5.41, 5.74) is 1.73. The number of hydrogen-bond acceptors (Lipinski definition) is 4. The van der Waals surface area contributed by atoms with Gasteiger partial charge in [0.05, 0.1) is 6.61 Å². The van der Waals surface area contributed by atoms with Crippen molar-refractivity contribution in [1.29, 1.82) is 0 Å². The summed E-state index contributed by atoms with van der Waals surface area (Å²) in [5.74, 6) is -1.73. The molecular formula is C18H13NO5. The summed E-state index contributed by atoms with van der Waals surface area (Å²) in [5, 5.41) is 11.6. The van der Waals surface area contributed by atoms with Crippen molar-refractivity contribution in [3.63, 3.8) is 0 Å². The van der Waals surface area contributed by atoms with Crippen LogP contribution < -0.4 is 0 Å². The Hall–Kier alpha value is -3.28. The van der Waals surface area contributed by atoms with E-state index in [9.17, 15) is 14.7 Å². The van der Waals surface area contributed by atoms with Gasteiger partial charge in [-0.05, 0) is 25.1 Å². The Bertz CT molecular complexity index is 1120. The number of H-pyrrole nitrogens is 1. The first kappa shape index (κ1) is 14.3. The number of ether oxygens (including phenoxy) is 1. The Morgan fingerprint density at radius 1 is 1.21 bits per heavy atom. The molecule has 0 atom stereocenters. The highest BCUT2D eigenvalue weighted by Crippen LogP contribution is 2.35. The number of carbonyl (C=O) groups excluding carboxylic acids is 1. The number of esters is 1. The molecular weight excluding hydrogens is 310 g/mol. The molecule has 2 aromatic carbocycles. The maximum atomic E-state index is 11.9. The normalized spacial score (nSPS) is 11.4. The number of para-hydroxylation sites is 1. The van der Waals surface area contributed by atoms with Gasteiger partial charge >= 0.3 is 11.9 Å². The average Bonchev–Trinajstić information content (AvgIpc) is 3.13. The molecule has 2 heterocycles. The van der Waals surface area contributed by atoms with Gasteiger partial charge in [-0.25, -0.2) is 9.59 Å². The number of aromatic nitrogens is 1. The summed E-state index contributed by atoms with van der Waals surface area (Å²) >= 11 is 0. The average molecular weight is 323 g/mol. The van der Waals surface area contributed by atoms with Gasteiger partial charge < -0.3 is 19.2 Å². The second-order valence-electron chi connectivity index (χ2n) is 5.40. The molecule has 0 saturated carbocycles. The number of furan rings is 1. The molecule has 0 spiro atoms. The highest BCUT2D eigenvalue weighted by Gasteiger charge is 2.23. The van der Waals surface area contributed by atoms with Gasteiger partial charge in [-0.1, -0.05) is 18.2 Å². The van der Waals surface area contributed by atoms with Crippen LogP contribution in [0.5, 0.6) is 0 Å². The molecule has 0 saturated heterocycles. The lowest BCUT2D eigenvalue weighted by molar-refractivity contribution is 0.0491. The summed E-state index contributed by atoms with van der Waals surface area (Å²) < 4.78 is 10.5. The van der Waals surface area contributed by atoms with E-state index in [1.807, 2.05) is 24.3 Å². The Balaban J connectivity index is 2.11. The Kier molecular flexibility index (Phi) is 3.06. The smallest absolute Gasteiger partial charge is 0.374 e. The molecule has 0 amide bonds. The van der Waals surface area contributed by atoms with Crippen LogP contribution in [0.1, 0.15) is 27.8 Å². The third-order valence-corrected chi connectivity index (χ3v) is 3.96. The van der Waals surface area contributed by atoms with Crippen LogP contribution in [0.2, 0.25) is 0 Å². The van der Waals surface area contributed by atoms with Crippen LogP contribution in [0.15, 0.2) is 40.8 Å². The van der Waals surface area contributed by atoms with Crippen molar-refractivity contribution in [2.75, 3.05) is 6.61 Å². The molecule has 2 aromatic heterocycles. The molecule has 0 radical (unpaired) electrons. The predicted octanol–water partition coefficient (Wildman–Crippen LogP) is 3.94. The maximum Gasteiger partial charge on any atom is 0.374 e. The number of carboxylic acid groups (broad SMARTS) is 1. The first-order valence-corrected chi connectivity index (χ1v) is 7.47. The van der Waals surface area contributed by atoms with Gasteiger partial charge in [-0.15, -0.1) is 0 Å². The van der Waals surface area contributed by atoms with Gasteiger partial charge in [0.2, 0.25) is 5.76 Å². The number of hydrogen-bond donors (Lipinski definition) is 2. The molecule has 0 aliphatic rings. The second-order valence-corrected chi connectivity index (χ2v) is 5.40. The minimum absolute atomic E-state index is 0.00805. The molecule has 0 aliphatic carbocycles. The van der Waals surface area contributed by atoms with Crippen LogP contribution >= 0.6 is 0 Å². The second kappa shape index (κ2) is 5.13. The number of benzene rings is 2. The van der Waals surface area contributed by atoms with Gasteiger partial charge in [-0.2, -0.15) is 0 Å². The minimum Gasteiger partial charge on any atom is -0.478 e. The fourth-order valence-corrected chi connectivity index (χ4v) is 3.02. The minimum atomic E-state index is -1.11. The first-order chi connectivity index (χ1) is 11.6. The topological polar surface area (TPSA) is 92.5 Å². The van der Waals surface area contributed by atoms with E-state index < -0.39 is 11.9 Å². The van der Waals surface area contributed by atoms with E-state index in [0.29, 0.717) is 16.3 Å². The van der Waals surface area contributed by atoms with Crippen LogP contribution in [0, 0.1) is 0 Å². The Morgan fingerprint density at radius 3 is 2.75 bits per heavy atom. The lowest BCUT2D eigenvalue weighted by Gasteiger charge is -2.00. The molecule has 120 valence electrons. The molecule has 4 aromatic rings. The highest BCUT2D eigenvalue weighted by molar-refractivity contribution is 6.22. The van der Waals surface area contributed by atoms with Crippen LogP contribution in [-0.2, 0) is 4.74 Å². The number of carboxylic acids is 1. The van der Waals surface area contributed by atoms with Crippen molar-refractivity contribution < 1.29 is 23.8 Å². The molecule has 0 aliphatic heterocycles. The molecule has 6 nitrogen and oxygen atoms in total. The highest BCUT2D eigenvalue weighted by atomic mass is 16.5. The molecule has 0 unspecified atom stereocenters. The SMILES string of the molecule is CCOC(=O)c1cc2cc3[nH]c4ccccc4c3c(C(=O)O)c2o1. The summed E-state index contributed by atoms with van der Waals surface area (Å²) in [6.07, 6.45) is 0. The van der Waals surface area contributed by atoms with E-state index in [-0.39, 0.29) is 23.5 Å². The summed E-state index contributed by atoms with van der Waals surface area (Å²) in [7, 11) is 0. The number of aromatic amines is 1. The molecule has 2 N–H and O–H groups in total. The van der Waals surface area contributed by atoms with Gasteiger partial charge in [0.15, 0.2) is 5.58 Å². The number of rotatable bonds is 3. The lowest BCUT2D eigenvalue weighted by Crippen LogP contribution is -2.02. The fraction of sp³-hybridized carbons (Fsp3) is 0.111. The Morgan fingerprint density at radius 2 is 2.00 bits per heavy atom. The molecule has 0 fully saturated rings. The van der Waals surface area contributed by atoms with E-state index in [4.69, 9.17) is 9.15 Å². The van der Waals surface area contributed by atoms with E-state index in [0.717, 1.165) is 10.9 Å². The van der Waals surface area contributed by atoms with Crippen molar-refractivity contribution in [3.05, 3.63) is 47.7 Å². The molecule has 4 rings (SSSR count). The predicted molar refractivity (Wildman–Crippen MR) is 88.5 cm³/mol. The van der Waals surface area contributed by atoms with Gasteiger partial charge in [0.1, 0.15) is 5.56 Å². The summed E-state index contributed by atoms with van der Waals surface area (Å²) in [4.78, 5) is 27.0. The summed E-state index contributed by atoms with van der Waals surface area (Å²) in [6.45, 7) is 1.91. The van der Waals surface area contributed by atoms with Crippen molar-refractivity contribution in [2.45, 2.75) is 6.92 Å². The number of carbonyl (C=O) groups is 2. The third-order valence-electron chi connectivity index (χ3n) is 3.96. The lowest BCUT2D eigenvalue weighted by atomic mass is 10.0. The van der Waals surface area contributed by atoms with Crippen molar-refractivity contribution in [3.8, 4) is 0 Å². The fourth-order valence-electron chi connectivity index (χ4n) is 3.02. The van der Waals surface area contributed by atoms with Crippen LogP contribution in [0.3, 0.4) is 0 Å². The van der Waals surface area contributed by atoms with Crippen molar-refractivity contribution >= 4 is 44.7 Å². The Labute approximate surface area is 135 Å². The molecule has 6 heteroatoms. The number of nitrogens with one attached hydrogen (secondary N) is 1. The van der Waals surface area contributed by atoms with Gasteiger partial charge in [0.25, 0.3) is 0 Å². The monoisotopic (exact) mass is 323 g/mol. The summed E-state index contributed by atoms with van der Waals surface area (Å²) in [6, 6.07) is 10.7. The van der Waals surface area contributed by atoms with E-state index >= 15 is 0 Å². The zero-order chi connectivity index (χ0) is 16.8. The van der Waals surface area contributed by atoms with Crippen LogP contribution in [0.25, 0.3) is 32.8 Å². The van der Waals surface area contributed by atoms with Crippen LogP contribution in [0.4, 0.5) is 0 Å². The van der Waals surface area contributed by atoms with Gasteiger partial charge in [-0.3, -0.25) is 0 Å². The standard InChI is InChI=1S/C18H13NO5/c1-2-23-18(22)13-8-9-7-12-14(15(17(20)21)16(9)24-13)10-5-3-4-6-11(10)19-12/h3-8,19H,2H2,1H3,(H,20,21). The maximum absolute atomic E-state index is 11.9. The number of aromatic carboxylic acids is 1. The van der Waals surface area contributed by atoms with Crippen molar-refractivity contribution in [2.24, 2.45) is 0 Å². The molecule has 24 heavy (non-hydrogen) atoms. The van der Waals surface area contributed by atoms with Crippen LogP contribution in [-0.4, -0.2) is 28.6 Å². The first-order valence-electron chi connectivity index (χ1n) is 7.47. The van der Waals surface area contributed by atoms with Gasteiger partial charge in [0, 0.05) is 27.2 Å². The third kappa shape index (κ3) is 1.96. The quantitative estimate of drug-likeness (QED) is 0.557.